The van der Waals surface area contributed by atoms with Gasteiger partial charge in [0, 0.05) is 41.6 Å². The topological polar surface area (TPSA) is 98.1 Å². The highest BCUT2D eigenvalue weighted by Crippen LogP contribution is 2.74. The quantitative estimate of drug-likeness (QED) is 0.337. The minimum Gasteiger partial charge on any atom is -0.508 e. The number of allylic oxidation sites excluding steroid dienone is 4. The number of ketones is 2. The van der Waals surface area contributed by atoms with Gasteiger partial charge in [-0.05, 0) is 96.6 Å². The largest absolute Gasteiger partial charge is 0.508 e. The van der Waals surface area contributed by atoms with E-state index in [2.05, 4.69) is 29.2 Å². The molecule has 1 heterocycles. The molecule has 3 N–H and O–H groups in total. The zero-order valence-corrected chi connectivity index (χ0v) is 27.0. The first-order valence-electron chi connectivity index (χ1n) is 16.2. The van der Waals surface area contributed by atoms with Gasteiger partial charge in [0.05, 0.1) is 11.5 Å². The number of phenols is 1. The highest BCUT2D eigenvalue weighted by atomic mass is 32.2. The summed E-state index contributed by atoms with van der Waals surface area (Å²) in [5.74, 6) is -1.01. The molecular weight excluding hydrogens is 608 g/mol. The third kappa shape index (κ3) is 4.45. The lowest BCUT2D eigenvalue weighted by molar-refractivity contribution is -0.212. The van der Waals surface area contributed by atoms with Crippen LogP contribution in [-0.2, 0) is 21.9 Å². The van der Waals surface area contributed by atoms with E-state index >= 15 is 8.78 Å². The number of hydrogen-bond donors (Lipinski definition) is 3. The van der Waals surface area contributed by atoms with Crippen LogP contribution in [0.1, 0.15) is 44.2 Å². The number of aromatic hydroxyl groups is 1. The number of Topliss-reactive ketones (excluding diaryl/α,β-unsaturated/α-hetero) is 1. The summed E-state index contributed by atoms with van der Waals surface area (Å²) in [6.07, 6.45) is 1.32. The van der Waals surface area contributed by atoms with Crippen LogP contribution in [0.3, 0.4) is 0 Å². The van der Waals surface area contributed by atoms with Gasteiger partial charge in [-0.25, -0.2) is 8.78 Å². The van der Waals surface area contributed by atoms with E-state index < -0.39 is 46.7 Å². The van der Waals surface area contributed by atoms with E-state index in [4.69, 9.17) is 0 Å². The van der Waals surface area contributed by atoms with Crippen LogP contribution in [-0.4, -0.2) is 69.4 Å². The number of fused-ring (bicyclic) bond motifs is 7. The van der Waals surface area contributed by atoms with Crippen molar-refractivity contribution in [3.8, 4) is 5.75 Å². The fourth-order valence-corrected chi connectivity index (χ4v) is 11.2. The summed E-state index contributed by atoms with van der Waals surface area (Å²) >= 11 is 1.69. The molecule has 0 aromatic heterocycles. The van der Waals surface area contributed by atoms with Crippen LogP contribution < -0.4 is 0 Å². The van der Waals surface area contributed by atoms with Crippen LogP contribution >= 0.6 is 11.8 Å². The number of aliphatic hydroxyl groups excluding tert-OH is 2. The maximum Gasteiger partial charge on any atom is 0.178 e. The van der Waals surface area contributed by atoms with Crippen molar-refractivity contribution in [2.24, 2.45) is 34.0 Å². The van der Waals surface area contributed by atoms with E-state index in [1.165, 1.54) is 18.2 Å². The number of phenolic OH excluding ortho intramolecular Hbond substituents is 1. The fourth-order valence-electron chi connectivity index (χ4n) is 10.3. The summed E-state index contributed by atoms with van der Waals surface area (Å²) in [7, 11) is 0. The lowest BCUT2D eigenvalue weighted by Crippen LogP contribution is -2.69. The Morgan fingerprint density at radius 3 is 2.43 bits per heavy atom. The van der Waals surface area contributed by atoms with Gasteiger partial charge in [-0.2, -0.15) is 0 Å². The van der Waals surface area contributed by atoms with Crippen molar-refractivity contribution in [2.45, 2.75) is 68.2 Å². The van der Waals surface area contributed by atoms with E-state index in [1.54, 1.807) is 30.8 Å². The lowest BCUT2D eigenvalue weighted by atomic mass is 9.43. The molecule has 244 valence electrons. The summed E-state index contributed by atoms with van der Waals surface area (Å²) in [5.41, 5.74) is -3.13. The molecule has 46 heavy (non-hydrogen) atoms. The summed E-state index contributed by atoms with van der Waals surface area (Å²) in [6.45, 7) is 4.50. The Morgan fingerprint density at radius 1 is 1.04 bits per heavy atom. The lowest BCUT2D eigenvalue weighted by Gasteiger charge is -2.63. The molecule has 0 bridgehead atoms. The number of aliphatic hydroxyl groups is 2. The summed E-state index contributed by atoms with van der Waals surface area (Å²) < 4.78 is 33.5. The molecular formula is C37H41F2NO5S. The number of carbonyl (C=O) groups is 2. The second kappa shape index (κ2) is 11.1. The molecule has 4 aliphatic carbocycles. The van der Waals surface area contributed by atoms with Crippen molar-refractivity contribution < 1.29 is 33.7 Å². The number of thioether (sulfide) groups is 1. The Morgan fingerprint density at radius 2 is 1.74 bits per heavy atom. The molecule has 2 aromatic carbocycles. The molecule has 6 nitrogen and oxygen atoms in total. The van der Waals surface area contributed by atoms with Gasteiger partial charge in [0.2, 0.25) is 0 Å². The van der Waals surface area contributed by atoms with E-state index in [-0.39, 0.29) is 47.6 Å². The SMILES string of the molecule is C[C@]12C=CC(=O)C=C1[C@@H](F)C[C@H]1[C@@H]3C[C@H]4CN(Cc5ccc(CSc6ccc(O)cc6)cc5)C[C@@]4(C(=O)CO)[C@@]3(C)C[C@H](O)[C@@]12F. The average molecular weight is 650 g/mol. The van der Waals surface area contributed by atoms with Crippen LogP contribution in [0.2, 0.25) is 0 Å². The molecule has 0 unspecified atom stereocenters. The van der Waals surface area contributed by atoms with Crippen molar-refractivity contribution in [1.29, 1.82) is 0 Å². The zero-order valence-electron chi connectivity index (χ0n) is 26.2. The molecule has 0 amide bonds. The second-order valence-corrected chi connectivity index (χ2v) is 15.7. The first-order valence-corrected chi connectivity index (χ1v) is 17.2. The first kappa shape index (κ1) is 31.7. The molecule has 1 saturated heterocycles. The number of halogens is 2. The number of likely N-dealkylation sites (tertiary alicyclic amines) is 1. The maximum absolute atomic E-state index is 17.6. The standard InChI is InChI=1S/C37H41F2NO5S/c1-34-12-11-26(43)14-30(34)31(38)15-29-28-13-24-18-40(21-36(24,33(45)19-41)35(28,2)16-32(44)37(29,34)39)17-22-3-5-23(6-4-22)20-46-27-9-7-25(42)8-10-27/h3-12,14,24,28-29,31-32,41-42,44H,13,15-21H2,1-2H3/t24-,28-,29-,31-,32-,34-,35-,36+,37-/m0/s1. The Hall–Kier alpha value is -2.85. The molecule has 4 fully saturated rings. The minimum atomic E-state index is -2.19. The van der Waals surface area contributed by atoms with Crippen molar-refractivity contribution in [3.05, 3.63) is 83.5 Å². The predicted octanol–water partition coefficient (Wildman–Crippen LogP) is 5.59. The van der Waals surface area contributed by atoms with Gasteiger partial charge in [-0.3, -0.25) is 14.5 Å². The number of nitrogens with zero attached hydrogens (tertiary/aromatic N) is 1. The zero-order chi connectivity index (χ0) is 32.6. The predicted molar refractivity (Wildman–Crippen MR) is 171 cm³/mol. The molecule has 0 radical (unpaired) electrons. The highest BCUT2D eigenvalue weighted by molar-refractivity contribution is 7.98. The Bertz CT molecular complexity index is 1610. The molecule has 7 rings (SSSR count). The van der Waals surface area contributed by atoms with Gasteiger partial charge in [-0.15, -0.1) is 11.8 Å². The van der Waals surface area contributed by atoms with E-state index in [0.717, 1.165) is 21.8 Å². The van der Waals surface area contributed by atoms with Gasteiger partial charge in [-0.1, -0.05) is 37.3 Å². The van der Waals surface area contributed by atoms with Crippen molar-refractivity contribution in [3.63, 3.8) is 0 Å². The Balaban J connectivity index is 1.12. The van der Waals surface area contributed by atoms with Gasteiger partial charge < -0.3 is 15.3 Å². The van der Waals surface area contributed by atoms with Gasteiger partial charge in [0.25, 0.3) is 0 Å². The Kier molecular flexibility index (Phi) is 7.66. The van der Waals surface area contributed by atoms with Crippen LogP contribution in [0.5, 0.6) is 5.75 Å². The second-order valence-electron chi connectivity index (χ2n) is 14.6. The Labute approximate surface area is 272 Å². The number of carbonyl (C=O) groups excluding carboxylic acids is 2. The molecule has 3 saturated carbocycles. The molecule has 1 aliphatic heterocycles. The van der Waals surface area contributed by atoms with E-state index in [1.807, 2.05) is 19.1 Å². The highest BCUT2D eigenvalue weighted by Gasteiger charge is 2.78. The third-order valence-corrected chi connectivity index (χ3v) is 13.6. The normalized spacial score (nSPS) is 39.7. The maximum atomic E-state index is 17.6. The van der Waals surface area contributed by atoms with Gasteiger partial charge in [0.1, 0.15) is 18.5 Å². The molecule has 9 heteroatoms. The van der Waals surface area contributed by atoms with Crippen molar-refractivity contribution in [1.82, 2.24) is 4.90 Å². The summed E-state index contributed by atoms with van der Waals surface area (Å²) in [4.78, 5) is 29.3. The smallest absolute Gasteiger partial charge is 0.178 e. The van der Waals surface area contributed by atoms with Crippen LogP contribution in [0.15, 0.2) is 77.2 Å². The van der Waals surface area contributed by atoms with Crippen molar-refractivity contribution >= 4 is 23.3 Å². The third-order valence-electron chi connectivity index (χ3n) is 12.5. The van der Waals surface area contributed by atoms with Crippen LogP contribution in [0.4, 0.5) is 8.78 Å². The molecule has 5 aliphatic rings. The van der Waals surface area contributed by atoms with Gasteiger partial charge in [0.15, 0.2) is 17.2 Å². The summed E-state index contributed by atoms with van der Waals surface area (Å²) in [5, 5.41) is 31.5. The minimum absolute atomic E-state index is 0.0236. The van der Waals surface area contributed by atoms with E-state index in [0.29, 0.717) is 26.1 Å². The first-order chi connectivity index (χ1) is 21.9. The molecule has 9 atom stereocenters. The van der Waals surface area contributed by atoms with Crippen LogP contribution in [0, 0.1) is 34.0 Å². The fraction of sp³-hybridized carbons (Fsp3) is 0.514. The average Bonchev–Trinajstić information content (AvgIpc) is 3.51. The van der Waals surface area contributed by atoms with E-state index in [9.17, 15) is 24.9 Å². The van der Waals surface area contributed by atoms with Crippen molar-refractivity contribution in [2.75, 3.05) is 19.7 Å². The number of hydrogen-bond acceptors (Lipinski definition) is 7. The molecule has 0 spiro atoms. The van der Waals surface area contributed by atoms with Crippen LogP contribution in [0.25, 0.3) is 0 Å². The monoisotopic (exact) mass is 649 g/mol. The number of benzene rings is 2. The number of rotatable bonds is 7. The summed E-state index contributed by atoms with van der Waals surface area (Å²) in [6, 6.07) is 15.5. The van der Waals surface area contributed by atoms with Gasteiger partial charge >= 0.3 is 0 Å². The number of alkyl halides is 2. The molecule has 2 aromatic rings.